The number of nitrogens with zero attached hydrogens (tertiary/aromatic N) is 1. The van der Waals surface area contributed by atoms with Crippen LogP contribution in [0.3, 0.4) is 0 Å². The fourth-order valence-corrected chi connectivity index (χ4v) is 4.59. The topological polar surface area (TPSA) is 131 Å². The Morgan fingerprint density at radius 1 is 1.05 bits per heavy atom. The fraction of sp³-hybridized carbons (Fsp3) is 0.643. The van der Waals surface area contributed by atoms with Crippen LogP contribution in [0.25, 0.3) is 0 Å². The molecule has 4 N–H and O–H groups in total. The standard InChI is InChI=1S/C28H44N4O5/c1-5-6-13-18-32(26(35)22(19-23(29)33)31-27(36)37-28(2,3)4)24(20-14-9-7-10-15-20)25(34)30-21-16-11-8-12-17-21/h7,9-10,14-15,21-22,24H,5-6,8,11-13,16-19H2,1-4H3,(H2,29,33)(H,30,34)(H,31,36). The van der Waals surface area contributed by atoms with Gasteiger partial charge in [0.1, 0.15) is 17.7 Å². The largest absolute Gasteiger partial charge is 0.444 e. The van der Waals surface area contributed by atoms with E-state index in [-0.39, 0.29) is 18.5 Å². The van der Waals surface area contributed by atoms with Crippen LogP contribution in [0.2, 0.25) is 0 Å². The summed E-state index contributed by atoms with van der Waals surface area (Å²) >= 11 is 0. The maximum Gasteiger partial charge on any atom is 0.408 e. The number of hydrogen-bond acceptors (Lipinski definition) is 5. The molecule has 37 heavy (non-hydrogen) atoms. The quantitative estimate of drug-likeness (QED) is 0.362. The molecule has 1 aromatic rings. The molecule has 4 amide bonds. The van der Waals surface area contributed by atoms with Gasteiger partial charge in [-0.15, -0.1) is 0 Å². The highest BCUT2D eigenvalue weighted by molar-refractivity contribution is 5.94. The predicted octanol–water partition coefficient (Wildman–Crippen LogP) is 3.96. The summed E-state index contributed by atoms with van der Waals surface area (Å²) in [7, 11) is 0. The third-order valence-corrected chi connectivity index (χ3v) is 6.31. The van der Waals surface area contributed by atoms with Crippen LogP contribution in [0.1, 0.15) is 97.1 Å². The maximum atomic E-state index is 14.0. The summed E-state index contributed by atoms with van der Waals surface area (Å²) in [5.41, 5.74) is 5.31. The van der Waals surface area contributed by atoms with E-state index in [1.54, 1.807) is 20.8 Å². The summed E-state index contributed by atoms with van der Waals surface area (Å²) in [6.07, 6.45) is 6.28. The van der Waals surface area contributed by atoms with E-state index in [0.717, 1.165) is 44.9 Å². The Labute approximate surface area is 220 Å². The molecule has 9 nitrogen and oxygen atoms in total. The van der Waals surface area contributed by atoms with E-state index >= 15 is 0 Å². The van der Waals surface area contributed by atoms with Gasteiger partial charge in [0.05, 0.1) is 6.42 Å². The van der Waals surface area contributed by atoms with Crippen LogP contribution in [0.15, 0.2) is 30.3 Å². The second-order valence-corrected chi connectivity index (χ2v) is 10.8. The van der Waals surface area contributed by atoms with Crippen molar-refractivity contribution in [3.63, 3.8) is 0 Å². The third kappa shape index (κ3) is 10.4. The van der Waals surface area contributed by atoms with Crippen molar-refractivity contribution in [3.8, 4) is 0 Å². The normalized spacial score (nSPS) is 15.8. The average Bonchev–Trinajstić information content (AvgIpc) is 2.82. The summed E-state index contributed by atoms with van der Waals surface area (Å²) in [4.78, 5) is 53.6. The molecule has 1 aliphatic rings. The molecule has 0 bridgehead atoms. The molecule has 1 saturated carbocycles. The average molecular weight is 517 g/mol. The molecule has 2 unspecified atom stereocenters. The zero-order valence-electron chi connectivity index (χ0n) is 22.8. The molecule has 0 saturated heterocycles. The van der Waals surface area contributed by atoms with Gasteiger partial charge in [0.2, 0.25) is 17.7 Å². The van der Waals surface area contributed by atoms with E-state index in [0.29, 0.717) is 12.0 Å². The second kappa shape index (κ2) is 14.6. The van der Waals surface area contributed by atoms with Crippen molar-refractivity contribution in [1.29, 1.82) is 0 Å². The summed E-state index contributed by atoms with van der Waals surface area (Å²) in [5.74, 6) is -1.56. The van der Waals surface area contributed by atoms with Gasteiger partial charge in [0.15, 0.2) is 0 Å². The van der Waals surface area contributed by atoms with Crippen molar-refractivity contribution >= 4 is 23.8 Å². The number of amides is 4. The molecule has 2 rings (SSSR count). The monoisotopic (exact) mass is 516 g/mol. The Bertz CT molecular complexity index is 894. The minimum Gasteiger partial charge on any atom is -0.444 e. The van der Waals surface area contributed by atoms with Crippen LogP contribution in [0, 0.1) is 0 Å². The SMILES string of the molecule is CCCCCN(C(=O)C(CC(N)=O)NC(=O)OC(C)(C)C)C(C(=O)NC1CCCCC1)c1ccccc1. The van der Waals surface area contributed by atoms with Crippen molar-refractivity contribution in [2.24, 2.45) is 5.73 Å². The lowest BCUT2D eigenvalue weighted by Gasteiger charge is -2.35. The first-order chi connectivity index (χ1) is 17.5. The minimum absolute atomic E-state index is 0.0568. The number of ether oxygens (including phenoxy) is 1. The number of nitrogens with one attached hydrogen (secondary N) is 2. The summed E-state index contributed by atoms with van der Waals surface area (Å²) in [6.45, 7) is 7.45. The first kappa shape index (κ1) is 30.1. The van der Waals surface area contributed by atoms with Crippen LogP contribution in [-0.2, 0) is 19.1 Å². The van der Waals surface area contributed by atoms with Gasteiger partial charge in [-0.05, 0) is 45.6 Å². The van der Waals surface area contributed by atoms with Gasteiger partial charge in [-0.2, -0.15) is 0 Å². The molecule has 1 aliphatic carbocycles. The van der Waals surface area contributed by atoms with E-state index in [9.17, 15) is 19.2 Å². The molecule has 9 heteroatoms. The lowest BCUT2D eigenvalue weighted by molar-refractivity contribution is -0.143. The van der Waals surface area contributed by atoms with Gasteiger partial charge < -0.3 is 26.0 Å². The molecule has 0 aromatic heterocycles. The van der Waals surface area contributed by atoms with E-state index in [1.807, 2.05) is 30.3 Å². The van der Waals surface area contributed by atoms with Crippen LogP contribution < -0.4 is 16.4 Å². The zero-order chi connectivity index (χ0) is 27.4. The molecule has 0 radical (unpaired) electrons. The first-order valence-corrected chi connectivity index (χ1v) is 13.5. The Morgan fingerprint density at radius 3 is 2.27 bits per heavy atom. The van der Waals surface area contributed by atoms with Gasteiger partial charge in [-0.1, -0.05) is 69.4 Å². The van der Waals surface area contributed by atoms with Gasteiger partial charge in [0, 0.05) is 12.6 Å². The number of rotatable bonds is 12. The highest BCUT2D eigenvalue weighted by Crippen LogP contribution is 2.26. The van der Waals surface area contributed by atoms with Gasteiger partial charge >= 0.3 is 6.09 Å². The Hall–Kier alpha value is -3.10. The van der Waals surface area contributed by atoms with Crippen molar-refractivity contribution in [2.45, 2.75) is 109 Å². The fourth-order valence-electron chi connectivity index (χ4n) is 4.59. The Kier molecular flexibility index (Phi) is 11.9. The second-order valence-electron chi connectivity index (χ2n) is 10.8. The van der Waals surface area contributed by atoms with Crippen molar-refractivity contribution in [3.05, 3.63) is 35.9 Å². The van der Waals surface area contributed by atoms with Crippen LogP contribution >= 0.6 is 0 Å². The number of carbonyl (C=O) groups is 4. The number of benzene rings is 1. The van der Waals surface area contributed by atoms with Gasteiger partial charge in [0.25, 0.3) is 0 Å². The number of carbonyl (C=O) groups excluding carboxylic acids is 4. The maximum absolute atomic E-state index is 14.0. The number of hydrogen-bond donors (Lipinski definition) is 3. The number of alkyl carbamates (subject to hydrolysis) is 1. The van der Waals surface area contributed by atoms with Crippen molar-refractivity contribution in [1.82, 2.24) is 15.5 Å². The molecule has 1 aromatic carbocycles. The molecular formula is C28H44N4O5. The number of primary amides is 1. The minimum atomic E-state index is -1.26. The predicted molar refractivity (Wildman–Crippen MR) is 142 cm³/mol. The van der Waals surface area contributed by atoms with Crippen molar-refractivity contribution < 1.29 is 23.9 Å². The zero-order valence-corrected chi connectivity index (χ0v) is 22.8. The van der Waals surface area contributed by atoms with E-state index in [4.69, 9.17) is 10.5 Å². The lowest BCUT2D eigenvalue weighted by atomic mass is 9.94. The molecule has 0 heterocycles. The highest BCUT2D eigenvalue weighted by Gasteiger charge is 2.37. The van der Waals surface area contributed by atoms with Crippen LogP contribution in [-0.4, -0.2) is 52.9 Å². The van der Waals surface area contributed by atoms with Gasteiger partial charge in [-0.25, -0.2) is 4.79 Å². The summed E-state index contributed by atoms with van der Waals surface area (Å²) in [5, 5.41) is 5.68. The highest BCUT2D eigenvalue weighted by atomic mass is 16.6. The number of nitrogens with two attached hydrogens (primary N) is 1. The molecule has 1 fully saturated rings. The smallest absolute Gasteiger partial charge is 0.408 e. The van der Waals surface area contributed by atoms with Gasteiger partial charge in [-0.3, -0.25) is 14.4 Å². The number of unbranched alkanes of at least 4 members (excludes halogenated alkanes) is 2. The first-order valence-electron chi connectivity index (χ1n) is 13.5. The molecule has 0 aliphatic heterocycles. The van der Waals surface area contributed by atoms with E-state index in [1.165, 1.54) is 4.90 Å². The summed E-state index contributed by atoms with van der Waals surface area (Å²) < 4.78 is 5.32. The third-order valence-electron chi connectivity index (χ3n) is 6.31. The van der Waals surface area contributed by atoms with Crippen LogP contribution in [0.4, 0.5) is 4.79 Å². The van der Waals surface area contributed by atoms with Crippen LogP contribution in [0.5, 0.6) is 0 Å². The molecular weight excluding hydrogens is 472 g/mol. The molecule has 206 valence electrons. The molecule has 0 spiro atoms. The van der Waals surface area contributed by atoms with Crippen molar-refractivity contribution in [2.75, 3.05) is 6.54 Å². The molecule has 2 atom stereocenters. The van der Waals surface area contributed by atoms with E-state index in [2.05, 4.69) is 17.6 Å². The lowest BCUT2D eigenvalue weighted by Crippen LogP contribution is -2.55. The Balaban J connectivity index is 2.41. The Morgan fingerprint density at radius 2 is 1.70 bits per heavy atom. The summed E-state index contributed by atoms with van der Waals surface area (Å²) in [6, 6.07) is 7.01. The van der Waals surface area contributed by atoms with E-state index < -0.39 is 42.0 Å².